The van der Waals surface area contributed by atoms with Crippen LogP contribution in [-0.4, -0.2) is 24.1 Å². The van der Waals surface area contributed by atoms with Gasteiger partial charge in [-0.25, -0.2) is 15.0 Å². The van der Waals surface area contributed by atoms with Crippen LogP contribution in [0.5, 0.6) is 0 Å². The molecule has 14 aromatic rings. The van der Waals surface area contributed by atoms with Crippen molar-refractivity contribution in [3.8, 4) is 45.5 Å². The highest BCUT2D eigenvalue weighted by Crippen LogP contribution is 2.42. The summed E-state index contributed by atoms with van der Waals surface area (Å²) in [5.74, 6) is 1.71. The van der Waals surface area contributed by atoms with E-state index in [0.29, 0.717) is 17.5 Å². The number of furan rings is 2. The van der Waals surface area contributed by atoms with Crippen LogP contribution in [0.2, 0.25) is 0 Å². The van der Waals surface area contributed by atoms with Crippen molar-refractivity contribution in [2.45, 2.75) is 0 Å². The molecule has 0 unspecified atom stereocenters. The molecule has 14 rings (SSSR count). The molecule has 0 bridgehead atoms. The highest BCUT2D eigenvalue weighted by atomic mass is 16.3. The molecule has 64 heavy (non-hydrogen) atoms. The van der Waals surface area contributed by atoms with E-state index in [4.69, 9.17) is 23.8 Å². The first kappa shape index (κ1) is 34.9. The number of aromatic nitrogens is 5. The van der Waals surface area contributed by atoms with Crippen LogP contribution < -0.4 is 0 Å². The fourth-order valence-electron chi connectivity index (χ4n) is 9.90. The molecule has 9 aromatic carbocycles. The second kappa shape index (κ2) is 13.3. The molecular formula is C57H33N5O2. The quantitative estimate of drug-likeness (QED) is 0.173. The normalized spacial score (nSPS) is 12.1. The smallest absolute Gasteiger partial charge is 0.167 e. The van der Waals surface area contributed by atoms with E-state index in [2.05, 4.69) is 149 Å². The molecule has 7 heteroatoms. The number of para-hydroxylation sites is 5. The predicted octanol–water partition coefficient (Wildman–Crippen LogP) is 14.9. The molecule has 0 fully saturated rings. The van der Waals surface area contributed by atoms with Gasteiger partial charge in [-0.05, 0) is 72.8 Å². The maximum atomic E-state index is 7.00. The van der Waals surface area contributed by atoms with Gasteiger partial charge in [0.1, 0.15) is 16.7 Å². The SMILES string of the molecule is c1ccc(-c2nc(-c3ccc(-n4c5ccccc5c5ccc6c7ccc(-n8c9ccccc9c9ccccc98)cc7oc6c54)cc3)nc(-c3cccc4c3oc3ccccc34)n2)cc1. The molecule has 0 aliphatic heterocycles. The minimum atomic E-state index is 0.550. The Morgan fingerprint density at radius 2 is 0.812 bits per heavy atom. The molecule has 298 valence electrons. The first-order valence-electron chi connectivity index (χ1n) is 21.4. The molecule has 5 heterocycles. The van der Waals surface area contributed by atoms with E-state index in [1.807, 2.05) is 60.7 Å². The Kier molecular flexibility index (Phi) is 7.27. The van der Waals surface area contributed by atoms with Gasteiger partial charge in [0.15, 0.2) is 23.1 Å². The Bertz CT molecular complexity index is 4140. The van der Waals surface area contributed by atoms with Crippen LogP contribution in [-0.2, 0) is 0 Å². The molecule has 0 N–H and O–H groups in total. The average molecular weight is 820 g/mol. The van der Waals surface area contributed by atoms with Crippen molar-refractivity contribution < 1.29 is 8.83 Å². The Balaban J connectivity index is 0.932. The summed E-state index contributed by atoms with van der Waals surface area (Å²) < 4.78 is 18.1. The van der Waals surface area contributed by atoms with E-state index in [1.54, 1.807) is 0 Å². The lowest BCUT2D eigenvalue weighted by Gasteiger charge is -2.11. The third-order valence-electron chi connectivity index (χ3n) is 12.8. The van der Waals surface area contributed by atoms with Gasteiger partial charge in [0, 0.05) is 71.7 Å². The summed E-state index contributed by atoms with van der Waals surface area (Å²) in [7, 11) is 0. The molecule has 0 radical (unpaired) electrons. The minimum absolute atomic E-state index is 0.550. The molecule has 0 aliphatic carbocycles. The molecule has 0 aliphatic rings. The monoisotopic (exact) mass is 819 g/mol. The van der Waals surface area contributed by atoms with E-state index in [9.17, 15) is 0 Å². The summed E-state index contributed by atoms with van der Waals surface area (Å²) in [5, 5.41) is 8.97. The van der Waals surface area contributed by atoms with E-state index < -0.39 is 0 Å². The van der Waals surface area contributed by atoms with Crippen LogP contribution in [0, 0.1) is 0 Å². The highest BCUT2D eigenvalue weighted by molar-refractivity contribution is 6.22. The van der Waals surface area contributed by atoms with Gasteiger partial charge in [0.2, 0.25) is 0 Å². The van der Waals surface area contributed by atoms with Crippen LogP contribution >= 0.6 is 0 Å². The van der Waals surface area contributed by atoms with Crippen LogP contribution in [0.4, 0.5) is 0 Å². The van der Waals surface area contributed by atoms with Crippen molar-refractivity contribution in [2.75, 3.05) is 0 Å². The van der Waals surface area contributed by atoms with Crippen molar-refractivity contribution >= 4 is 87.5 Å². The molecule has 0 saturated heterocycles. The van der Waals surface area contributed by atoms with Crippen molar-refractivity contribution in [3.05, 3.63) is 200 Å². The summed E-state index contributed by atoms with van der Waals surface area (Å²) in [6, 6.07) is 69.6. The summed E-state index contributed by atoms with van der Waals surface area (Å²) in [6.07, 6.45) is 0. The van der Waals surface area contributed by atoms with Crippen molar-refractivity contribution in [2.24, 2.45) is 0 Å². The summed E-state index contributed by atoms with van der Waals surface area (Å²) in [6.45, 7) is 0. The molecule has 0 atom stereocenters. The number of benzene rings is 9. The Morgan fingerprint density at radius 1 is 0.312 bits per heavy atom. The number of rotatable bonds is 5. The first-order valence-corrected chi connectivity index (χ1v) is 21.4. The maximum Gasteiger partial charge on any atom is 0.167 e. The molecule has 0 amide bonds. The molecule has 0 saturated carbocycles. The van der Waals surface area contributed by atoms with E-state index in [-0.39, 0.29) is 0 Å². The van der Waals surface area contributed by atoms with Gasteiger partial charge in [0.05, 0.1) is 27.6 Å². The Hall–Kier alpha value is -8.81. The molecule has 7 nitrogen and oxygen atoms in total. The predicted molar refractivity (Wildman–Crippen MR) is 259 cm³/mol. The molecule has 0 spiro atoms. The fraction of sp³-hybridized carbons (Fsp3) is 0. The van der Waals surface area contributed by atoms with Gasteiger partial charge < -0.3 is 18.0 Å². The van der Waals surface area contributed by atoms with Crippen LogP contribution in [0.1, 0.15) is 0 Å². The third-order valence-corrected chi connectivity index (χ3v) is 12.8. The van der Waals surface area contributed by atoms with Crippen molar-refractivity contribution in [3.63, 3.8) is 0 Å². The maximum absolute atomic E-state index is 7.00. The lowest BCUT2D eigenvalue weighted by atomic mass is 10.1. The first-order chi connectivity index (χ1) is 31.7. The lowest BCUT2D eigenvalue weighted by Crippen LogP contribution is -2.01. The zero-order chi connectivity index (χ0) is 41.9. The summed E-state index contributed by atoms with van der Waals surface area (Å²) >= 11 is 0. The number of hydrogen-bond acceptors (Lipinski definition) is 5. The van der Waals surface area contributed by atoms with Gasteiger partial charge in [-0.15, -0.1) is 0 Å². The second-order valence-corrected chi connectivity index (χ2v) is 16.3. The van der Waals surface area contributed by atoms with Gasteiger partial charge in [-0.1, -0.05) is 121 Å². The molecule has 5 aromatic heterocycles. The Labute approximate surface area is 364 Å². The largest absolute Gasteiger partial charge is 0.455 e. The van der Waals surface area contributed by atoms with E-state index >= 15 is 0 Å². The lowest BCUT2D eigenvalue weighted by molar-refractivity contribution is 0.669. The number of fused-ring (bicyclic) bond motifs is 13. The topological polar surface area (TPSA) is 74.8 Å². The number of nitrogens with zero attached hydrogens (tertiary/aromatic N) is 5. The van der Waals surface area contributed by atoms with Crippen LogP contribution in [0.15, 0.2) is 209 Å². The average Bonchev–Trinajstić information content (AvgIpc) is 4.12. The van der Waals surface area contributed by atoms with Gasteiger partial charge in [-0.2, -0.15) is 0 Å². The Morgan fingerprint density at radius 3 is 1.55 bits per heavy atom. The van der Waals surface area contributed by atoms with E-state index in [0.717, 1.165) is 93.7 Å². The second-order valence-electron chi connectivity index (χ2n) is 16.3. The minimum Gasteiger partial charge on any atom is -0.455 e. The zero-order valence-electron chi connectivity index (χ0n) is 34.1. The molecular weight excluding hydrogens is 787 g/mol. The van der Waals surface area contributed by atoms with Gasteiger partial charge in [0.25, 0.3) is 0 Å². The van der Waals surface area contributed by atoms with Crippen molar-refractivity contribution in [1.82, 2.24) is 24.1 Å². The standard InChI is InChI=1S/C57H33N5O2/c1-2-13-34(14-3-1)55-58-56(60-57(59-55)46-20-12-19-44-41-18-7-11-24-50(41)63-53(44)46)35-25-27-36(28-26-35)62-49-23-10-6-17-40(49)43-31-32-45-42-30-29-37(33-51(42)64-54(45)52(43)62)61-47-21-8-4-15-38(47)39-16-5-9-22-48(39)61/h1-33H. The van der Waals surface area contributed by atoms with Crippen LogP contribution in [0.3, 0.4) is 0 Å². The van der Waals surface area contributed by atoms with E-state index in [1.165, 1.54) is 21.8 Å². The number of hydrogen-bond donors (Lipinski definition) is 0. The summed E-state index contributed by atoms with van der Waals surface area (Å²) in [4.78, 5) is 15.2. The van der Waals surface area contributed by atoms with Crippen molar-refractivity contribution in [1.29, 1.82) is 0 Å². The highest BCUT2D eigenvalue weighted by Gasteiger charge is 2.22. The fourth-order valence-corrected chi connectivity index (χ4v) is 9.90. The van der Waals surface area contributed by atoms with Crippen LogP contribution in [0.25, 0.3) is 133 Å². The summed E-state index contributed by atoms with van der Waals surface area (Å²) in [5.41, 5.74) is 12.4. The third kappa shape index (κ3) is 5.06. The van der Waals surface area contributed by atoms with Gasteiger partial charge >= 0.3 is 0 Å². The zero-order valence-corrected chi connectivity index (χ0v) is 34.1. The van der Waals surface area contributed by atoms with Gasteiger partial charge in [-0.3, -0.25) is 0 Å².